The Morgan fingerprint density at radius 3 is 2.24 bits per heavy atom. The second kappa shape index (κ2) is 9.78. The fraction of sp³-hybridized carbons (Fsp3) is 0.650. The standard InChI is InChI=1S/C20H33N3O2/c1-3-20(25,4-2)16-22-19(24)21-14-17-8-10-18(11-9-17)15-23-12-6-5-7-13-23/h8-11,25H,3-7,12-16H2,1-2H3,(H2,21,22,24). The van der Waals surface area contributed by atoms with Gasteiger partial charge in [-0.1, -0.05) is 44.5 Å². The molecule has 0 aromatic heterocycles. The third-order valence-electron chi connectivity index (χ3n) is 5.23. The van der Waals surface area contributed by atoms with Crippen molar-refractivity contribution in [2.24, 2.45) is 0 Å². The van der Waals surface area contributed by atoms with E-state index in [0.29, 0.717) is 19.4 Å². The molecule has 2 rings (SSSR count). The molecule has 25 heavy (non-hydrogen) atoms. The van der Waals surface area contributed by atoms with Gasteiger partial charge in [0.1, 0.15) is 0 Å². The smallest absolute Gasteiger partial charge is 0.315 e. The fourth-order valence-corrected chi connectivity index (χ4v) is 3.13. The van der Waals surface area contributed by atoms with Gasteiger partial charge in [0.15, 0.2) is 0 Å². The number of aliphatic hydroxyl groups is 1. The summed E-state index contributed by atoms with van der Waals surface area (Å²) in [5, 5.41) is 15.8. The van der Waals surface area contributed by atoms with Gasteiger partial charge in [-0.25, -0.2) is 4.79 Å². The highest BCUT2D eigenvalue weighted by Gasteiger charge is 2.22. The fourth-order valence-electron chi connectivity index (χ4n) is 3.13. The molecule has 1 fully saturated rings. The van der Waals surface area contributed by atoms with Crippen LogP contribution in [-0.4, -0.2) is 41.3 Å². The molecule has 1 saturated heterocycles. The molecule has 5 heteroatoms. The molecule has 1 aliphatic heterocycles. The molecule has 1 aliphatic rings. The van der Waals surface area contributed by atoms with E-state index in [2.05, 4.69) is 39.8 Å². The van der Waals surface area contributed by atoms with Crippen LogP contribution in [0, 0.1) is 0 Å². The highest BCUT2D eigenvalue weighted by Crippen LogP contribution is 2.14. The molecule has 0 saturated carbocycles. The molecule has 0 bridgehead atoms. The minimum atomic E-state index is -0.812. The Morgan fingerprint density at radius 1 is 1.04 bits per heavy atom. The van der Waals surface area contributed by atoms with Gasteiger partial charge in [0.25, 0.3) is 0 Å². The van der Waals surface area contributed by atoms with Crippen LogP contribution >= 0.6 is 0 Å². The van der Waals surface area contributed by atoms with E-state index in [1.807, 2.05) is 13.8 Å². The number of likely N-dealkylation sites (tertiary alicyclic amines) is 1. The summed E-state index contributed by atoms with van der Waals surface area (Å²) in [5.41, 5.74) is 1.60. The van der Waals surface area contributed by atoms with Gasteiger partial charge in [-0.3, -0.25) is 4.90 Å². The number of nitrogens with one attached hydrogen (secondary N) is 2. The van der Waals surface area contributed by atoms with Crippen LogP contribution in [0.15, 0.2) is 24.3 Å². The highest BCUT2D eigenvalue weighted by atomic mass is 16.3. The van der Waals surface area contributed by atoms with E-state index >= 15 is 0 Å². The van der Waals surface area contributed by atoms with E-state index in [4.69, 9.17) is 0 Å². The lowest BCUT2D eigenvalue weighted by atomic mass is 9.98. The number of rotatable bonds is 8. The van der Waals surface area contributed by atoms with E-state index in [1.54, 1.807) is 0 Å². The van der Waals surface area contributed by atoms with Crippen molar-refractivity contribution < 1.29 is 9.90 Å². The van der Waals surface area contributed by atoms with Crippen LogP contribution in [0.25, 0.3) is 0 Å². The zero-order valence-corrected chi connectivity index (χ0v) is 15.7. The van der Waals surface area contributed by atoms with Gasteiger partial charge in [-0.2, -0.15) is 0 Å². The maximum Gasteiger partial charge on any atom is 0.315 e. The Morgan fingerprint density at radius 2 is 1.64 bits per heavy atom. The number of urea groups is 1. The lowest BCUT2D eigenvalue weighted by Crippen LogP contribution is -2.45. The summed E-state index contributed by atoms with van der Waals surface area (Å²) in [6.45, 7) is 8.04. The first-order valence-corrected chi connectivity index (χ1v) is 9.59. The van der Waals surface area contributed by atoms with Crippen LogP contribution in [-0.2, 0) is 13.1 Å². The average Bonchev–Trinajstić information content (AvgIpc) is 2.66. The van der Waals surface area contributed by atoms with E-state index in [0.717, 1.165) is 12.1 Å². The predicted molar refractivity (Wildman–Crippen MR) is 101 cm³/mol. The zero-order valence-electron chi connectivity index (χ0n) is 15.7. The SMILES string of the molecule is CCC(O)(CC)CNC(=O)NCc1ccc(CN2CCCCC2)cc1. The molecular weight excluding hydrogens is 314 g/mol. The van der Waals surface area contributed by atoms with Crippen LogP contribution in [0.1, 0.15) is 57.1 Å². The van der Waals surface area contributed by atoms with Crippen molar-refractivity contribution in [1.29, 1.82) is 0 Å². The zero-order chi connectivity index (χ0) is 18.1. The van der Waals surface area contributed by atoms with Crippen molar-refractivity contribution in [2.45, 2.75) is 64.6 Å². The molecule has 1 aromatic rings. The van der Waals surface area contributed by atoms with Crippen molar-refractivity contribution in [2.75, 3.05) is 19.6 Å². The number of nitrogens with zero attached hydrogens (tertiary/aromatic N) is 1. The van der Waals surface area contributed by atoms with Crippen molar-refractivity contribution in [3.05, 3.63) is 35.4 Å². The average molecular weight is 348 g/mol. The van der Waals surface area contributed by atoms with Gasteiger partial charge < -0.3 is 15.7 Å². The Kier molecular flexibility index (Phi) is 7.72. The Bertz CT molecular complexity index is 520. The quantitative estimate of drug-likeness (QED) is 0.677. The molecule has 2 amide bonds. The number of amides is 2. The molecule has 1 aromatic carbocycles. The number of piperidine rings is 1. The van der Waals surface area contributed by atoms with Crippen LogP contribution in [0.2, 0.25) is 0 Å². The summed E-state index contributed by atoms with van der Waals surface area (Å²) >= 11 is 0. The molecule has 0 spiro atoms. The maximum absolute atomic E-state index is 11.9. The van der Waals surface area contributed by atoms with Gasteiger partial charge >= 0.3 is 6.03 Å². The summed E-state index contributed by atoms with van der Waals surface area (Å²) < 4.78 is 0. The first-order chi connectivity index (χ1) is 12.0. The summed E-state index contributed by atoms with van der Waals surface area (Å²) in [6, 6.07) is 8.21. The van der Waals surface area contributed by atoms with E-state index in [-0.39, 0.29) is 12.6 Å². The molecule has 0 atom stereocenters. The van der Waals surface area contributed by atoms with E-state index in [1.165, 1.54) is 37.9 Å². The summed E-state index contributed by atoms with van der Waals surface area (Å²) in [4.78, 5) is 14.4. The minimum absolute atomic E-state index is 0.238. The van der Waals surface area contributed by atoms with Crippen molar-refractivity contribution in [3.63, 3.8) is 0 Å². The number of carbonyl (C=O) groups excluding carboxylic acids is 1. The summed E-state index contributed by atoms with van der Waals surface area (Å²) in [7, 11) is 0. The van der Waals surface area contributed by atoms with E-state index < -0.39 is 5.60 Å². The Hall–Kier alpha value is -1.59. The van der Waals surface area contributed by atoms with Crippen molar-refractivity contribution in [1.82, 2.24) is 15.5 Å². The first kappa shape index (κ1) is 19.7. The summed E-state index contributed by atoms with van der Waals surface area (Å²) in [5.74, 6) is 0. The van der Waals surface area contributed by atoms with Crippen molar-refractivity contribution in [3.8, 4) is 0 Å². The largest absolute Gasteiger partial charge is 0.388 e. The predicted octanol–water partition coefficient (Wildman–Crippen LogP) is 3.02. The summed E-state index contributed by atoms with van der Waals surface area (Å²) in [6.07, 6.45) is 5.23. The lowest BCUT2D eigenvalue weighted by molar-refractivity contribution is 0.0349. The highest BCUT2D eigenvalue weighted by molar-refractivity contribution is 5.73. The first-order valence-electron chi connectivity index (χ1n) is 9.59. The molecule has 1 heterocycles. The lowest BCUT2D eigenvalue weighted by Gasteiger charge is -2.26. The molecule has 0 aliphatic carbocycles. The molecule has 0 radical (unpaired) electrons. The van der Waals surface area contributed by atoms with Gasteiger partial charge in [0.05, 0.1) is 5.60 Å². The Labute approximate surface area is 151 Å². The topological polar surface area (TPSA) is 64.6 Å². The molecule has 3 N–H and O–H groups in total. The van der Waals surface area contributed by atoms with E-state index in [9.17, 15) is 9.90 Å². The second-order valence-corrected chi connectivity index (χ2v) is 7.12. The third-order valence-corrected chi connectivity index (χ3v) is 5.23. The number of carbonyl (C=O) groups is 1. The van der Waals surface area contributed by atoms with Gasteiger partial charge in [-0.05, 0) is 49.9 Å². The number of benzene rings is 1. The normalized spacial score (nSPS) is 15.8. The minimum Gasteiger partial charge on any atom is -0.388 e. The molecule has 5 nitrogen and oxygen atoms in total. The van der Waals surface area contributed by atoms with Gasteiger partial charge in [0, 0.05) is 19.6 Å². The number of hydrogen-bond donors (Lipinski definition) is 3. The third kappa shape index (κ3) is 6.67. The Balaban J connectivity index is 1.72. The molecular formula is C20H33N3O2. The van der Waals surface area contributed by atoms with Crippen LogP contribution < -0.4 is 10.6 Å². The van der Waals surface area contributed by atoms with Crippen LogP contribution in [0.3, 0.4) is 0 Å². The van der Waals surface area contributed by atoms with Crippen LogP contribution in [0.4, 0.5) is 4.79 Å². The van der Waals surface area contributed by atoms with Gasteiger partial charge in [-0.15, -0.1) is 0 Å². The number of hydrogen-bond acceptors (Lipinski definition) is 3. The van der Waals surface area contributed by atoms with Gasteiger partial charge in [0.2, 0.25) is 0 Å². The molecule has 0 unspecified atom stereocenters. The molecule has 140 valence electrons. The van der Waals surface area contributed by atoms with Crippen LogP contribution in [0.5, 0.6) is 0 Å². The monoisotopic (exact) mass is 347 g/mol. The van der Waals surface area contributed by atoms with Crippen molar-refractivity contribution >= 4 is 6.03 Å². The maximum atomic E-state index is 11.9. The second-order valence-electron chi connectivity index (χ2n) is 7.12.